The molecule has 2 aromatic heterocycles. The van der Waals surface area contributed by atoms with Gasteiger partial charge < -0.3 is 13.9 Å². The van der Waals surface area contributed by atoms with E-state index >= 15 is 0 Å². The third kappa shape index (κ3) is 4.21. The quantitative estimate of drug-likeness (QED) is 0.416. The van der Waals surface area contributed by atoms with Gasteiger partial charge in [-0.3, -0.25) is 0 Å². The summed E-state index contributed by atoms with van der Waals surface area (Å²) >= 11 is 0. The number of fused-ring (bicyclic) bond motifs is 1. The van der Waals surface area contributed by atoms with Gasteiger partial charge in [0.1, 0.15) is 5.75 Å². The Bertz CT molecular complexity index is 1150. The van der Waals surface area contributed by atoms with Crippen molar-refractivity contribution in [1.29, 1.82) is 0 Å². The van der Waals surface area contributed by atoms with E-state index in [-0.39, 0.29) is 6.01 Å². The van der Waals surface area contributed by atoms with E-state index in [2.05, 4.69) is 21.0 Å². The van der Waals surface area contributed by atoms with Crippen LogP contribution in [0.15, 0.2) is 46.9 Å². The summed E-state index contributed by atoms with van der Waals surface area (Å²) in [7, 11) is 0. The fraction of sp³-hybridized carbons (Fsp3) is 0.261. The Morgan fingerprint density at radius 2 is 1.69 bits per heavy atom. The summed E-state index contributed by atoms with van der Waals surface area (Å²) in [6.07, 6.45) is 0.849. The molecule has 0 amide bonds. The minimum Gasteiger partial charge on any atom is -0.476 e. The average Bonchev–Trinajstić information content (AvgIpc) is 3.10. The average molecular weight is 389 g/mol. The molecular formula is C23H23N3O3. The van der Waals surface area contributed by atoms with Crippen molar-refractivity contribution in [1.82, 2.24) is 15.0 Å². The van der Waals surface area contributed by atoms with Gasteiger partial charge in [-0.15, -0.1) is 0 Å². The fourth-order valence-corrected chi connectivity index (χ4v) is 3.13. The lowest BCUT2D eigenvalue weighted by atomic mass is 10.1. The smallest absolute Gasteiger partial charge is 0.328 e. The highest BCUT2D eigenvalue weighted by molar-refractivity contribution is 5.78. The highest BCUT2D eigenvalue weighted by Crippen LogP contribution is 2.31. The molecule has 0 bridgehead atoms. The first-order valence-electron chi connectivity index (χ1n) is 9.66. The second-order valence-corrected chi connectivity index (χ2v) is 7.13. The molecule has 6 heteroatoms. The molecule has 0 aliphatic carbocycles. The van der Waals surface area contributed by atoms with Crippen LogP contribution in [0.4, 0.5) is 0 Å². The van der Waals surface area contributed by atoms with Gasteiger partial charge in [0, 0.05) is 5.56 Å². The monoisotopic (exact) mass is 389 g/mol. The number of aromatic nitrogens is 3. The van der Waals surface area contributed by atoms with Gasteiger partial charge in [-0.25, -0.2) is 4.98 Å². The van der Waals surface area contributed by atoms with E-state index < -0.39 is 0 Å². The molecule has 6 nitrogen and oxygen atoms in total. The van der Waals surface area contributed by atoms with Crippen molar-refractivity contribution in [3.8, 4) is 29.1 Å². The van der Waals surface area contributed by atoms with Gasteiger partial charge in [0.15, 0.2) is 5.52 Å². The van der Waals surface area contributed by atoms with Crippen LogP contribution in [0.25, 0.3) is 22.7 Å². The molecule has 4 aromatic rings. The molecule has 2 aromatic carbocycles. The van der Waals surface area contributed by atoms with Gasteiger partial charge in [-0.1, -0.05) is 36.2 Å². The number of nitrogens with zero attached hydrogens (tertiary/aromatic N) is 3. The van der Waals surface area contributed by atoms with E-state index in [0.717, 1.165) is 28.7 Å². The van der Waals surface area contributed by atoms with Crippen LogP contribution < -0.4 is 9.47 Å². The Morgan fingerprint density at radius 1 is 0.897 bits per heavy atom. The van der Waals surface area contributed by atoms with Gasteiger partial charge >= 0.3 is 6.01 Å². The normalized spacial score (nSPS) is 11.0. The molecule has 0 aliphatic heterocycles. The first-order valence-corrected chi connectivity index (χ1v) is 9.66. The fourth-order valence-electron chi connectivity index (χ4n) is 3.13. The van der Waals surface area contributed by atoms with Crippen LogP contribution in [0, 0.1) is 20.8 Å². The number of hydrogen-bond donors (Lipinski definition) is 0. The first kappa shape index (κ1) is 18.9. The maximum atomic E-state index is 5.96. The molecule has 0 saturated heterocycles. The van der Waals surface area contributed by atoms with Gasteiger partial charge in [0.2, 0.25) is 5.89 Å². The molecule has 0 fully saturated rings. The lowest BCUT2D eigenvalue weighted by Crippen LogP contribution is -2.01. The zero-order valence-electron chi connectivity index (χ0n) is 17.0. The minimum atomic E-state index is 0.164. The third-order valence-electron chi connectivity index (χ3n) is 4.32. The summed E-state index contributed by atoms with van der Waals surface area (Å²) in [5, 5.41) is 0. The largest absolute Gasteiger partial charge is 0.476 e. The molecule has 0 radical (unpaired) electrons. The summed E-state index contributed by atoms with van der Waals surface area (Å²) in [6.45, 7) is 8.64. The van der Waals surface area contributed by atoms with E-state index in [4.69, 9.17) is 13.9 Å². The Morgan fingerprint density at radius 3 is 2.41 bits per heavy atom. The van der Waals surface area contributed by atoms with Crippen molar-refractivity contribution >= 4 is 11.2 Å². The van der Waals surface area contributed by atoms with Crippen LogP contribution in [0.2, 0.25) is 0 Å². The molecule has 0 atom stereocenters. The lowest BCUT2D eigenvalue weighted by molar-refractivity contribution is 0.302. The topological polar surface area (TPSA) is 70.3 Å². The predicted molar refractivity (Wildman–Crippen MR) is 112 cm³/mol. The van der Waals surface area contributed by atoms with Crippen molar-refractivity contribution in [2.75, 3.05) is 6.61 Å². The Labute approximate surface area is 169 Å². The molecule has 4 rings (SSSR count). The maximum Gasteiger partial charge on any atom is 0.328 e. The van der Waals surface area contributed by atoms with Gasteiger partial charge in [-0.05, 0) is 57.0 Å². The second kappa shape index (κ2) is 7.91. The van der Waals surface area contributed by atoms with Crippen LogP contribution >= 0.6 is 0 Å². The third-order valence-corrected chi connectivity index (χ3v) is 4.32. The summed E-state index contributed by atoms with van der Waals surface area (Å²) in [5.74, 6) is 1.49. The van der Waals surface area contributed by atoms with Crippen molar-refractivity contribution in [3.05, 3.63) is 59.2 Å². The number of ether oxygens (including phenoxy) is 2. The highest BCUT2D eigenvalue weighted by atomic mass is 16.5. The van der Waals surface area contributed by atoms with Gasteiger partial charge in [0.25, 0.3) is 11.6 Å². The van der Waals surface area contributed by atoms with Gasteiger partial charge in [0.05, 0.1) is 6.61 Å². The van der Waals surface area contributed by atoms with Gasteiger partial charge in [-0.2, -0.15) is 9.97 Å². The van der Waals surface area contributed by atoms with Crippen molar-refractivity contribution < 1.29 is 13.9 Å². The molecule has 0 unspecified atom stereocenters. The van der Waals surface area contributed by atoms with E-state index in [1.54, 1.807) is 0 Å². The summed E-state index contributed by atoms with van der Waals surface area (Å²) in [5.41, 5.74) is 5.08. The first-order chi connectivity index (χ1) is 14.0. The highest BCUT2D eigenvalue weighted by Gasteiger charge is 2.19. The molecule has 0 aliphatic rings. The summed E-state index contributed by atoms with van der Waals surface area (Å²) < 4.78 is 17.6. The number of aryl methyl sites for hydroxylation is 3. The van der Waals surface area contributed by atoms with E-state index in [1.165, 1.54) is 0 Å². The SMILES string of the molecule is CCCOc1nc(Oc2cccc(C)c2)nc2oc(-c3cc(C)cc(C)c3)nc12. The minimum absolute atomic E-state index is 0.164. The molecule has 2 heterocycles. The van der Waals surface area contributed by atoms with Crippen LogP contribution in [-0.4, -0.2) is 21.6 Å². The maximum absolute atomic E-state index is 5.96. The molecule has 0 saturated carbocycles. The zero-order chi connectivity index (χ0) is 20.4. The number of oxazole rings is 1. The standard InChI is InChI=1S/C23H23N3O3/c1-5-9-27-21-19-22(26-23(25-21)28-18-8-6-7-14(2)13-18)29-20(24-19)17-11-15(3)10-16(4)12-17/h6-8,10-13H,5,9H2,1-4H3. The second-order valence-electron chi connectivity index (χ2n) is 7.13. The van der Waals surface area contributed by atoms with Crippen molar-refractivity contribution in [2.24, 2.45) is 0 Å². The van der Waals surface area contributed by atoms with Crippen LogP contribution in [0.5, 0.6) is 17.6 Å². The summed E-state index contributed by atoms with van der Waals surface area (Å²) in [4.78, 5) is 13.5. The Kier molecular flexibility index (Phi) is 5.16. The van der Waals surface area contributed by atoms with E-state index in [1.807, 2.05) is 64.1 Å². The number of rotatable bonds is 6. The molecule has 29 heavy (non-hydrogen) atoms. The van der Waals surface area contributed by atoms with Crippen molar-refractivity contribution in [3.63, 3.8) is 0 Å². The number of benzene rings is 2. The zero-order valence-corrected chi connectivity index (χ0v) is 17.0. The van der Waals surface area contributed by atoms with Crippen LogP contribution in [-0.2, 0) is 0 Å². The predicted octanol–water partition coefficient (Wildman–Crippen LogP) is 5.79. The van der Waals surface area contributed by atoms with Crippen molar-refractivity contribution in [2.45, 2.75) is 34.1 Å². The van der Waals surface area contributed by atoms with E-state index in [9.17, 15) is 0 Å². The molecule has 0 spiro atoms. The van der Waals surface area contributed by atoms with Crippen LogP contribution in [0.3, 0.4) is 0 Å². The lowest BCUT2D eigenvalue weighted by Gasteiger charge is -2.07. The Balaban J connectivity index is 1.78. The Hall–Kier alpha value is -3.41. The molecule has 0 N–H and O–H groups in total. The van der Waals surface area contributed by atoms with E-state index in [0.29, 0.717) is 35.4 Å². The molecule has 148 valence electrons. The summed E-state index contributed by atoms with van der Waals surface area (Å²) in [6, 6.07) is 14.0. The number of hydrogen-bond acceptors (Lipinski definition) is 6. The van der Waals surface area contributed by atoms with Crippen LogP contribution in [0.1, 0.15) is 30.0 Å². The molecular weight excluding hydrogens is 366 g/mol.